The third kappa shape index (κ3) is 2.38. The highest BCUT2D eigenvalue weighted by Gasteiger charge is 2.37. The number of likely N-dealkylation sites (N-methyl/N-ethyl adjacent to an activating group) is 1. The topological polar surface area (TPSA) is 41.6 Å². The van der Waals surface area contributed by atoms with Gasteiger partial charge < -0.3 is 15.0 Å². The first kappa shape index (κ1) is 11.9. The lowest BCUT2D eigenvalue weighted by molar-refractivity contribution is -0.143. The molecular formula is C12H22N2O2. The Morgan fingerprint density at radius 1 is 1.44 bits per heavy atom. The number of ether oxygens (including phenoxy) is 1. The summed E-state index contributed by atoms with van der Waals surface area (Å²) in [6.07, 6.45) is 4.16. The molecule has 2 aliphatic rings. The molecule has 92 valence electrons. The van der Waals surface area contributed by atoms with Crippen LogP contribution in [0.15, 0.2) is 0 Å². The number of nitrogens with zero attached hydrogens (tertiary/aromatic N) is 1. The predicted octanol–water partition coefficient (Wildman–Crippen LogP) is 0.479. The Balaban J connectivity index is 1.83. The van der Waals surface area contributed by atoms with Crippen molar-refractivity contribution in [3.05, 3.63) is 0 Å². The summed E-state index contributed by atoms with van der Waals surface area (Å²) in [6, 6.07) is -0.177. The minimum absolute atomic E-state index is 0.153. The molecule has 1 saturated heterocycles. The van der Waals surface area contributed by atoms with Gasteiger partial charge in [0, 0.05) is 19.6 Å². The summed E-state index contributed by atoms with van der Waals surface area (Å²) in [5.74, 6) is 1.62. The minimum Gasteiger partial charge on any atom is -0.468 e. The second kappa shape index (κ2) is 5.15. The van der Waals surface area contributed by atoms with Crippen molar-refractivity contribution < 1.29 is 9.53 Å². The standard InChI is InChI=1S/C12H22N2O2/c1-13-11(12(15)16-2)8-14-6-9-4-3-5-10(9)7-14/h9-11,13H,3-8H2,1-2H3. The van der Waals surface area contributed by atoms with Crippen molar-refractivity contribution in [1.82, 2.24) is 10.2 Å². The van der Waals surface area contributed by atoms with E-state index in [-0.39, 0.29) is 12.0 Å². The van der Waals surface area contributed by atoms with Crippen molar-refractivity contribution >= 4 is 5.97 Å². The number of nitrogens with one attached hydrogen (secondary N) is 1. The maximum atomic E-state index is 11.5. The molecule has 1 N–H and O–H groups in total. The van der Waals surface area contributed by atoms with Crippen molar-refractivity contribution in [1.29, 1.82) is 0 Å². The number of carbonyl (C=O) groups is 1. The highest BCUT2D eigenvalue weighted by molar-refractivity contribution is 5.75. The lowest BCUT2D eigenvalue weighted by atomic mass is 10.0. The largest absolute Gasteiger partial charge is 0.468 e. The molecule has 3 unspecified atom stereocenters. The van der Waals surface area contributed by atoms with Gasteiger partial charge in [0.15, 0.2) is 0 Å². The second-order valence-corrected chi connectivity index (χ2v) is 5.03. The van der Waals surface area contributed by atoms with Crippen LogP contribution in [0.5, 0.6) is 0 Å². The van der Waals surface area contributed by atoms with Crippen LogP contribution in [0, 0.1) is 11.8 Å². The number of hydrogen-bond acceptors (Lipinski definition) is 4. The van der Waals surface area contributed by atoms with E-state index in [2.05, 4.69) is 10.2 Å². The van der Waals surface area contributed by atoms with Gasteiger partial charge in [0.1, 0.15) is 6.04 Å². The molecule has 1 heterocycles. The summed E-state index contributed by atoms with van der Waals surface area (Å²) in [4.78, 5) is 13.9. The Hall–Kier alpha value is -0.610. The van der Waals surface area contributed by atoms with Gasteiger partial charge in [-0.15, -0.1) is 0 Å². The number of esters is 1. The fourth-order valence-electron chi connectivity index (χ4n) is 3.17. The molecule has 0 aromatic carbocycles. The highest BCUT2D eigenvalue weighted by atomic mass is 16.5. The van der Waals surface area contributed by atoms with Gasteiger partial charge >= 0.3 is 5.97 Å². The Morgan fingerprint density at radius 3 is 2.56 bits per heavy atom. The highest BCUT2D eigenvalue weighted by Crippen LogP contribution is 2.37. The SMILES string of the molecule is CNC(CN1CC2CCCC2C1)C(=O)OC. The van der Waals surface area contributed by atoms with Crippen LogP contribution >= 0.6 is 0 Å². The number of carbonyl (C=O) groups excluding carboxylic acids is 1. The van der Waals surface area contributed by atoms with Gasteiger partial charge in [0.25, 0.3) is 0 Å². The Labute approximate surface area is 97.3 Å². The summed E-state index contributed by atoms with van der Waals surface area (Å²) in [5, 5.41) is 3.03. The lowest BCUT2D eigenvalue weighted by Crippen LogP contribution is -2.44. The third-order valence-electron chi connectivity index (χ3n) is 4.08. The van der Waals surface area contributed by atoms with Gasteiger partial charge in [-0.2, -0.15) is 0 Å². The van der Waals surface area contributed by atoms with E-state index in [0.717, 1.165) is 18.4 Å². The zero-order chi connectivity index (χ0) is 11.5. The first-order valence-electron chi connectivity index (χ1n) is 6.22. The fraction of sp³-hybridized carbons (Fsp3) is 0.917. The molecule has 0 aromatic rings. The smallest absolute Gasteiger partial charge is 0.324 e. The molecule has 0 bridgehead atoms. The van der Waals surface area contributed by atoms with Crippen molar-refractivity contribution in [2.75, 3.05) is 33.8 Å². The summed E-state index contributed by atoms with van der Waals surface area (Å²) < 4.78 is 4.78. The van der Waals surface area contributed by atoms with Crippen LogP contribution in [-0.2, 0) is 9.53 Å². The number of hydrogen-bond donors (Lipinski definition) is 1. The van der Waals surface area contributed by atoms with Crippen LogP contribution in [0.3, 0.4) is 0 Å². The molecule has 0 radical (unpaired) electrons. The van der Waals surface area contributed by atoms with E-state index in [1.807, 2.05) is 7.05 Å². The Bertz CT molecular complexity index is 245. The Kier molecular flexibility index (Phi) is 3.82. The number of likely N-dealkylation sites (tertiary alicyclic amines) is 1. The van der Waals surface area contributed by atoms with Crippen LogP contribution in [0.2, 0.25) is 0 Å². The van der Waals surface area contributed by atoms with Gasteiger partial charge in [0.05, 0.1) is 7.11 Å². The van der Waals surface area contributed by atoms with Gasteiger partial charge in [-0.05, 0) is 31.7 Å². The average Bonchev–Trinajstić information content (AvgIpc) is 2.84. The number of methoxy groups -OCH3 is 1. The first-order chi connectivity index (χ1) is 7.74. The lowest BCUT2D eigenvalue weighted by Gasteiger charge is -2.22. The van der Waals surface area contributed by atoms with Crippen molar-refractivity contribution in [3.63, 3.8) is 0 Å². The van der Waals surface area contributed by atoms with E-state index in [4.69, 9.17) is 4.74 Å². The molecule has 1 aliphatic carbocycles. The molecule has 1 aliphatic heterocycles. The van der Waals surface area contributed by atoms with E-state index in [0.29, 0.717) is 0 Å². The maximum absolute atomic E-state index is 11.5. The van der Waals surface area contributed by atoms with E-state index in [1.165, 1.54) is 39.5 Å². The number of fused-ring (bicyclic) bond motifs is 1. The zero-order valence-corrected chi connectivity index (χ0v) is 10.2. The van der Waals surface area contributed by atoms with E-state index in [9.17, 15) is 4.79 Å². The molecule has 3 atom stereocenters. The normalized spacial score (nSPS) is 31.4. The fourth-order valence-corrected chi connectivity index (χ4v) is 3.17. The van der Waals surface area contributed by atoms with Crippen LogP contribution < -0.4 is 5.32 Å². The molecule has 4 nitrogen and oxygen atoms in total. The summed E-state index contributed by atoms with van der Waals surface area (Å²) in [7, 11) is 3.27. The van der Waals surface area contributed by atoms with E-state index < -0.39 is 0 Å². The molecule has 0 aromatic heterocycles. The molecule has 0 spiro atoms. The monoisotopic (exact) mass is 226 g/mol. The molecule has 2 fully saturated rings. The summed E-state index contributed by atoms with van der Waals surface area (Å²) in [5.41, 5.74) is 0. The van der Waals surface area contributed by atoms with Crippen LogP contribution in [0.25, 0.3) is 0 Å². The summed E-state index contributed by atoms with van der Waals surface area (Å²) >= 11 is 0. The van der Waals surface area contributed by atoms with E-state index >= 15 is 0 Å². The molecule has 1 saturated carbocycles. The van der Waals surface area contributed by atoms with Gasteiger partial charge in [-0.3, -0.25) is 4.79 Å². The predicted molar refractivity (Wildman–Crippen MR) is 62.1 cm³/mol. The van der Waals surface area contributed by atoms with Crippen LogP contribution in [0.4, 0.5) is 0 Å². The van der Waals surface area contributed by atoms with E-state index in [1.54, 1.807) is 0 Å². The van der Waals surface area contributed by atoms with Crippen molar-refractivity contribution in [3.8, 4) is 0 Å². The third-order valence-corrected chi connectivity index (χ3v) is 4.08. The van der Waals surface area contributed by atoms with Crippen LogP contribution in [-0.4, -0.2) is 50.7 Å². The van der Waals surface area contributed by atoms with Gasteiger partial charge in [-0.25, -0.2) is 0 Å². The molecule has 2 rings (SSSR count). The van der Waals surface area contributed by atoms with Crippen molar-refractivity contribution in [2.24, 2.45) is 11.8 Å². The van der Waals surface area contributed by atoms with Gasteiger partial charge in [0.2, 0.25) is 0 Å². The minimum atomic E-state index is -0.177. The Morgan fingerprint density at radius 2 is 2.06 bits per heavy atom. The number of rotatable bonds is 4. The molecule has 0 amide bonds. The zero-order valence-electron chi connectivity index (χ0n) is 10.2. The molecule has 16 heavy (non-hydrogen) atoms. The van der Waals surface area contributed by atoms with Crippen LogP contribution in [0.1, 0.15) is 19.3 Å². The van der Waals surface area contributed by atoms with Crippen molar-refractivity contribution in [2.45, 2.75) is 25.3 Å². The first-order valence-corrected chi connectivity index (χ1v) is 6.22. The van der Waals surface area contributed by atoms with Gasteiger partial charge in [-0.1, -0.05) is 6.42 Å². The average molecular weight is 226 g/mol. The maximum Gasteiger partial charge on any atom is 0.324 e. The summed E-state index contributed by atoms with van der Waals surface area (Å²) in [6.45, 7) is 3.12. The quantitative estimate of drug-likeness (QED) is 0.708. The molecular weight excluding hydrogens is 204 g/mol. The second-order valence-electron chi connectivity index (χ2n) is 5.03. The molecule has 4 heteroatoms.